The monoisotopic (exact) mass is 636 g/mol. The molecular formula is C29H25BrN4O6S. The Labute approximate surface area is 249 Å². The van der Waals surface area contributed by atoms with Crippen molar-refractivity contribution in [3.63, 3.8) is 0 Å². The molecule has 0 radical (unpaired) electrons. The van der Waals surface area contributed by atoms with Crippen LogP contribution in [0.1, 0.15) is 5.56 Å². The van der Waals surface area contributed by atoms with Crippen LogP contribution in [0, 0.1) is 5.41 Å². The maximum atomic E-state index is 12.9. The smallest absolute Gasteiger partial charge is 0.283 e. The van der Waals surface area contributed by atoms with Crippen molar-refractivity contribution in [2.24, 2.45) is 10.1 Å². The maximum absolute atomic E-state index is 12.9. The quantitative estimate of drug-likeness (QED) is 0.213. The number of carbonyl (C=O) groups is 1. The Morgan fingerprint density at radius 1 is 0.927 bits per heavy atom. The van der Waals surface area contributed by atoms with Crippen molar-refractivity contribution in [3.05, 3.63) is 82.3 Å². The predicted molar refractivity (Wildman–Crippen MR) is 162 cm³/mol. The summed E-state index contributed by atoms with van der Waals surface area (Å²) in [6.07, 6.45) is 1.57. The number of aliphatic imine (C=N–C) groups is 1. The molecule has 1 amide bonds. The number of benzene rings is 3. The van der Waals surface area contributed by atoms with Gasteiger partial charge in [-0.1, -0.05) is 30.3 Å². The lowest BCUT2D eigenvalue weighted by Gasteiger charge is -2.20. The van der Waals surface area contributed by atoms with Crippen LogP contribution in [-0.4, -0.2) is 61.0 Å². The van der Waals surface area contributed by atoms with Crippen molar-refractivity contribution in [3.8, 4) is 28.7 Å². The molecule has 0 saturated carbocycles. The number of hydrogen-bond donors (Lipinski definition) is 1. The summed E-state index contributed by atoms with van der Waals surface area (Å²) in [5.74, 6) is 2.27. The van der Waals surface area contributed by atoms with Gasteiger partial charge in [-0.3, -0.25) is 10.2 Å². The minimum Gasteiger partial charge on any atom is -0.493 e. The third-order valence-electron chi connectivity index (χ3n) is 5.82. The van der Waals surface area contributed by atoms with E-state index in [1.165, 1.54) is 23.9 Å². The highest BCUT2D eigenvalue weighted by Gasteiger charge is 2.35. The first-order chi connectivity index (χ1) is 20.0. The molecule has 2 heterocycles. The van der Waals surface area contributed by atoms with Crippen molar-refractivity contribution in [1.82, 2.24) is 5.01 Å². The number of amidine groups is 2. The van der Waals surface area contributed by atoms with Crippen molar-refractivity contribution in [2.45, 2.75) is 0 Å². The van der Waals surface area contributed by atoms with Crippen LogP contribution in [0.5, 0.6) is 28.7 Å². The predicted octanol–water partition coefficient (Wildman–Crippen LogP) is 5.62. The number of ether oxygens (including phenoxy) is 5. The summed E-state index contributed by atoms with van der Waals surface area (Å²) in [6.45, 7) is 0.718. The molecule has 0 fully saturated rings. The molecule has 210 valence electrons. The SMILES string of the molecule is COc1ccccc1OCCOc1c(Br)cc(/C=C2/C(=N)N3N=C(COc4ccccc4)SC3=NC2=O)cc1OC. The second kappa shape index (κ2) is 12.9. The van der Waals surface area contributed by atoms with Crippen molar-refractivity contribution in [1.29, 1.82) is 5.41 Å². The first-order valence-corrected chi connectivity index (χ1v) is 14.0. The van der Waals surface area contributed by atoms with E-state index in [0.717, 1.165) is 0 Å². The number of hydrazone groups is 1. The lowest BCUT2D eigenvalue weighted by Crippen LogP contribution is -2.35. The van der Waals surface area contributed by atoms with Crippen LogP contribution in [0.4, 0.5) is 0 Å². The zero-order valence-corrected chi connectivity index (χ0v) is 24.5. The van der Waals surface area contributed by atoms with E-state index in [-0.39, 0.29) is 31.2 Å². The van der Waals surface area contributed by atoms with Gasteiger partial charge in [0.25, 0.3) is 5.91 Å². The molecule has 5 rings (SSSR count). The Balaban J connectivity index is 1.27. The van der Waals surface area contributed by atoms with Gasteiger partial charge in [-0.2, -0.15) is 15.1 Å². The molecule has 0 aliphatic carbocycles. The lowest BCUT2D eigenvalue weighted by atomic mass is 10.1. The number of thioether (sulfide) groups is 1. The summed E-state index contributed by atoms with van der Waals surface area (Å²) >= 11 is 4.73. The number of rotatable bonds is 11. The number of fused-ring (bicyclic) bond motifs is 1. The molecule has 3 aromatic carbocycles. The fourth-order valence-electron chi connectivity index (χ4n) is 3.92. The fourth-order valence-corrected chi connectivity index (χ4v) is 5.29. The van der Waals surface area contributed by atoms with Crippen LogP contribution in [0.2, 0.25) is 0 Å². The van der Waals surface area contributed by atoms with Gasteiger partial charge in [0.2, 0.25) is 5.17 Å². The summed E-state index contributed by atoms with van der Waals surface area (Å²) in [4.78, 5) is 17.0. The fraction of sp³-hybridized carbons (Fsp3) is 0.172. The van der Waals surface area contributed by atoms with Gasteiger partial charge < -0.3 is 23.7 Å². The summed E-state index contributed by atoms with van der Waals surface area (Å²) in [5.41, 5.74) is 0.706. The van der Waals surface area contributed by atoms with E-state index in [0.29, 0.717) is 49.0 Å². The van der Waals surface area contributed by atoms with Gasteiger partial charge >= 0.3 is 0 Å². The molecule has 0 aromatic heterocycles. The van der Waals surface area contributed by atoms with E-state index in [1.807, 2.05) is 54.6 Å². The Hall–Kier alpha value is -4.29. The molecule has 10 nitrogen and oxygen atoms in total. The molecule has 0 unspecified atom stereocenters. The van der Waals surface area contributed by atoms with Crippen molar-refractivity contribution in [2.75, 3.05) is 34.0 Å². The summed E-state index contributed by atoms with van der Waals surface area (Å²) < 4.78 is 28.9. The van der Waals surface area contributed by atoms with E-state index in [1.54, 1.807) is 25.3 Å². The highest BCUT2D eigenvalue weighted by Crippen LogP contribution is 2.38. The van der Waals surface area contributed by atoms with Crippen LogP contribution in [-0.2, 0) is 4.79 Å². The number of nitrogens with one attached hydrogen (secondary N) is 1. The van der Waals surface area contributed by atoms with E-state index < -0.39 is 5.91 Å². The Morgan fingerprint density at radius 2 is 1.63 bits per heavy atom. The number of halogens is 1. The molecule has 1 N–H and O–H groups in total. The van der Waals surface area contributed by atoms with Gasteiger partial charge in [0.1, 0.15) is 30.6 Å². The normalized spacial score (nSPS) is 15.3. The molecule has 0 bridgehead atoms. The minimum absolute atomic E-state index is 0.0777. The highest BCUT2D eigenvalue weighted by molar-refractivity contribution is 9.10. The second-order valence-electron chi connectivity index (χ2n) is 8.50. The number of amides is 1. The number of para-hydroxylation sites is 3. The van der Waals surface area contributed by atoms with Crippen LogP contribution >= 0.6 is 27.7 Å². The average Bonchev–Trinajstić information content (AvgIpc) is 3.40. The van der Waals surface area contributed by atoms with Crippen LogP contribution in [0.25, 0.3) is 6.08 Å². The number of carbonyl (C=O) groups excluding carboxylic acids is 1. The maximum Gasteiger partial charge on any atom is 0.283 e. The van der Waals surface area contributed by atoms with Gasteiger partial charge in [-0.05, 0) is 75.7 Å². The molecular weight excluding hydrogens is 612 g/mol. The molecule has 3 aromatic rings. The summed E-state index contributed by atoms with van der Waals surface area (Å²) in [6, 6.07) is 20.2. The number of nitrogens with zero attached hydrogens (tertiary/aromatic N) is 3. The zero-order valence-electron chi connectivity index (χ0n) is 22.1. The summed E-state index contributed by atoms with van der Waals surface area (Å²) in [7, 11) is 3.11. The largest absolute Gasteiger partial charge is 0.493 e. The standard InChI is InChI=1S/C29H25BrN4O6S/c1-36-22-10-6-7-11-23(22)38-12-13-39-26-21(30)15-18(16-24(26)37-2)14-20-27(31)34-29(32-28(20)35)41-25(33-34)17-40-19-8-4-3-5-9-19/h3-11,14-16,31H,12-13,17H2,1-2H3/b20-14-,31-27?. The molecule has 0 saturated heterocycles. The molecule has 0 atom stereocenters. The first-order valence-electron chi connectivity index (χ1n) is 12.4. The Morgan fingerprint density at radius 3 is 2.39 bits per heavy atom. The van der Waals surface area contributed by atoms with Crippen LogP contribution in [0.3, 0.4) is 0 Å². The van der Waals surface area contributed by atoms with Crippen molar-refractivity contribution < 1.29 is 28.5 Å². The van der Waals surface area contributed by atoms with Gasteiger partial charge in [0, 0.05) is 0 Å². The number of methoxy groups -OCH3 is 2. The van der Waals surface area contributed by atoms with E-state index in [4.69, 9.17) is 29.1 Å². The Bertz CT molecular complexity index is 1560. The third-order valence-corrected chi connectivity index (χ3v) is 7.29. The molecule has 41 heavy (non-hydrogen) atoms. The van der Waals surface area contributed by atoms with Gasteiger partial charge in [0.05, 0.1) is 24.3 Å². The first kappa shape index (κ1) is 28.2. The molecule has 0 spiro atoms. The van der Waals surface area contributed by atoms with E-state index in [9.17, 15) is 4.79 Å². The molecule has 2 aliphatic heterocycles. The second-order valence-corrected chi connectivity index (χ2v) is 10.4. The molecule has 12 heteroatoms. The highest BCUT2D eigenvalue weighted by atomic mass is 79.9. The van der Waals surface area contributed by atoms with Crippen LogP contribution in [0.15, 0.2) is 86.9 Å². The average molecular weight is 638 g/mol. The topological polar surface area (TPSA) is 115 Å². The zero-order chi connectivity index (χ0) is 28.8. The molecule has 2 aliphatic rings. The van der Waals surface area contributed by atoms with Crippen molar-refractivity contribution >= 4 is 55.7 Å². The van der Waals surface area contributed by atoms with Gasteiger partial charge in [-0.25, -0.2) is 0 Å². The van der Waals surface area contributed by atoms with Gasteiger partial charge in [0.15, 0.2) is 28.8 Å². The lowest BCUT2D eigenvalue weighted by molar-refractivity contribution is -0.114. The Kier molecular flexibility index (Phi) is 8.90. The summed E-state index contributed by atoms with van der Waals surface area (Å²) in [5, 5.41) is 15.3. The number of hydrogen-bond acceptors (Lipinski definition) is 9. The van der Waals surface area contributed by atoms with Crippen LogP contribution < -0.4 is 23.7 Å². The third kappa shape index (κ3) is 6.55. The van der Waals surface area contributed by atoms with E-state index >= 15 is 0 Å². The van der Waals surface area contributed by atoms with E-state index in [2.05, 4.69) is 26.0 Å². The van der Waals surface area contributed by atoms with Gasteiger partial charge in [-0.15, -0.1) is 0 Å². The minimum atomic E-state index is -0.530.